The van der Waals surface area contributed by atoms with Crippen LogP contribution in [0.15, 0.2) is 24.3 Å². The Bertz CT molecular complexity index is 825. The lowest BCUT2D eigenvalue weighted by Gasteiger charge is -2.44. The van der Waals surface area contributed by atoms with Crippen LogP contribution in [-0.2, 0) is 14.4 Å². The maximum absolute atomic E-state index is 12.9. The lowest BCUT2D eigenvalue weighted by Crippen LogP contribution is -2.55. The zero-order valence-electron chi connectivity index (χ0n) is 18.4. The van der Waals surface area contributed by atoms with Crippen LogP contribution in [0.4, 0.5) is 5.69 Å². The summed E-state index contributed by atoms with van der Waals surface area (Å²) >= 11 is 0. The summed E-state index contributed by atoms with van der Waals surface area (Å²) in [4.78, 5) is 39.3. The third kappa shape index (κ3) is 4.70. The highest BCUT2D eigenvalue weighted by molar-refractivity contribution is 6.00. The Labute approximate surface area is 183 Å². The number of hydrogen-bond acceptors (Lipinski definition) is 4. The zero-order chi connectivity index (χ0) is 22.0. The average molecular weight is 428 g/mol. The SMILES string of the molecule is CCCC1CC(=O)NC2CC(NC(=O)C3CC(=O)N(c4ccc(OC)cc4)C3)CCC12. The number of rotatable bonds is 6. The first-order valence-electron chi connectivity index (χ1n) is 11.5. The second kappa shape index (κ2) is 9.28. The molecule has 2 saturated heterocycles. The normalized spacial score (nSPS) is 30.5. The summed E-state index contributed by atoms with van der Waals surface area (Å²) in [5, 5.41) is 6.34. The summed E-state index contributed by atoms with van der Waals surface area (Å²) in [6.45, 7) is 2.57. The summed E-state index contributed by atoms with van der Waals surface area (Å²) in [5.41, 5.74) is 0.786. The summed E-state index contributed by atoms with van der Waals surface area (Å²) in [6, 6.07) is 7.53. The highest BCUT2D eigenvalue weighted by Crippen LogP contribution is 2.38. The van der Waals surface area contributed by atoms with Gasteiger partial charge in [0, 0.05) is 37.2 Å². The highest BCUT2D eigenvalue weighted by atomic mass is 16.5. The van der Waals surface area contributed by atoms with Gasteiger partial charge in [0.2, 0.25) is 17.7 Å². The second-order valence-corrected chi connectivity index (χ2v) is 9.21. The fraction of sp³-hybridized carbons (Fsp3) is 0.625. The van der Waals surface area contributed by atoms with Crippen molar-refractivity contribution in [1.82, 2.24) is 10.6 Å². The number of methoxy groups -OCH3 is 1. The molecule has 0 spiro atoms. The number of benzene rings is 1. The van der Waals surface area contributed by atoms with E-state index in [-0.39, 0.29) is 42.1 Å². The predicted octanol–water partition coefficient (Wildman–Crippen LogP) is 2.64. The summed E-state index contributed by atoms with van der Waals surface area (Å²) in [7, 11) is 1.60. The van der Waals surface area contributed by atoms with E-state index in [2.05, 4.69) is 17.6 Å². The number of nitrogens with one attached hydrogen (secondary N) is 2. The Kier molecular flexibility index (Phi) is 6.49. The molecule has 1 aromatic carbocycles. The number of carbonyl (C=O) groups is 3. The molecule has 7 heteroatoms. The summed E-state index contributed by atoms with van der Waals surface area (Å²) in [6.07, 6.45) is 5.81. The summed E-state index contributed by atoms with van der Waals surface area (Å²) in [5.74, 6) is 1.42. The molecular formula is C24H33N3O4. The van der Waals surface area contributed by atoms with Crippen molar-refractivity contribution in [2.45, 2.75) is 64.0 Å². The zero-order valence-corrected chi connectivity index (χ0v) is 18.4. The average Bonchev–Trinajstić information content (AvgIpc) is 3.15. The third-order valence-corrected chi connectivity index (χ3v) is 7.19. The number of piperidine rings is 1. The van der Waals surface area contributed by atoms with Gasteiger partial charge < -0.3 is 20.3 Å². The molecule has 3 aliphatic rings. The van der Waals surface area contributed by atoms with E-state index in [1.165, 1.54) is 0 Å². The number of carbonyl (C=O) groups excluding carboxylic acids is 3. The molecule has 0 radical (unpaired) electrons. The van der Waals surface area contributed by atoms with Gasteiger partial charge in [0.15, 0.2) is 0 Å². The van der Waals surface area contributed by atoms with Crippen molar-refractivity contribution < 1.29 is 19.1 Å². The molecule has 0 bridgehead atoms. The van der Waals surface area contributed by atoms with Crippen molar-refractivity contribution in [1.29, 1.82) is 0 Å². The van der Waals surface area contributed by atoms with Crippen LogP contribution >= 0.6 is 0 Å². The quantitative estimate of drug-likeness (QED) is 0.731. The van der Waals surface area contributed by atoms with Crippen molar-refractivity contribution in [2.75, 3.05) is 18.6 Å². The molecule has 7 nitrogen and oxygen atoms in total. The Morgan fingerprint density at radius 1 is 1.19 bits per heavy atom. The van der Waals surface area contributed by atoms with Gasteiger partial charge in [0.1, 0.15) is 5.75 Å². The molecule has 31 heavy (non-hydrogen) atoms. The van der Waals surface area contributed by atoms with Gasteiger partial charge in [-0.3, -0.25) is 14.4 Å². The van der Waals surface area contributed by atoms with Crippen molar-refractivity contribution in [3.05, 3.63) is 24.3 Å². The van der Waals surface area contributed by atoms with Gasteiger partial charge in [0.05, 0.1) is 13.0 Å². The maximum Gasteiger partial charge on any atom is 0.227 e. The van der Waals surface area contributed by atoms with Crippen LogP contribution < -0.4 is 20.3 Å². The van der Waals surface area contributed by atoms with Gasteiger partial charge in [-0.05, 0) is 61.8 Å². The lowest BCUT2D eigenvalue weighted by molar-refractivity contribution is -0.128. The molecule has 5 atom stereocenters. The minimum absolute atomic E-state index is 0.0315. The first kappa shape index (κ1) is 21.7. The highest BCUT2D eigenvalue weighted by Gasteiger charge is 2.42. The van der Waals surface area contributed by atoms with Crippen molar-refractivity contribution in [3.63, 3.8) is 0 Å². The Balaban J connectivity index is 1.33. The van der Waals surface area contributed by atoms with Crippen LogP contribution in [0.2, 0.25) is 0 Å². The number of ether oxygens (including phenoxy) is 1. The number of hydrogen-bond donors (Lipinski definition) is 2. The van der Waals surface area contributed by atoms with E-state index in [4.69, 9.17) is 4.74 Å². The van der Waals surface area contributed by atoms with Gasteiger partial charge in [-0.25, -0.2) is 0 Å². The summed E-state index contributed by atoms with van der Waals surface area (Å²) < 4.78 is 5.17. The molecule has 0 aromatic heterocycles. The molecule has 2 heterocycles. The van der Waals surface area contributed by atoms with Crippen LogP contribution in [0.25, 0.3) is 0 Å². The van der Waals surface area contributed by atoms with Crippen LogP contribution in [0.3, 0.4) is 0 Å². The number of fused-ring (bicyclic) bond motifs is 1. The van der Waals surface area contributed by atoms with E-state index in [1.54, 1.807) is 12.0 Å². The van der Waals surface area contributed by atoms with E-state index < -0.39 is 0 Å². The van der Waals surface area contributed by atoms with Crippen molar-refractivity contribution >= 4 is 23.4 Å². The monoisotopic (exact) mass is 427 g/mol. The van der Waals surface area contributed by atoms with Gasteiger partial charge in [-0.15, -0.1) is 0 Å². The first-order valence-corrected chi connectivity index (χ1v) is 11.5. The standard InChI is InChI=1S/C24H33N3O4/c1-3-4-15-11-22(28)26-21-13-17(5-10-20(15)21)25-24(30)16-12-23(29)27(14-16)18-6-8-19(31-2)9-7-18/h6-9,15-17,20-21H,3-5,10-14H2,1-2H3,(H,25,30)(H,26,28). The Morgan fingerprint density at radius 3 is 2.68 bits per heavy atom. The molecule has 1 aliphatic carbocycles. The molecule has 2 N–H and O–H groups in total. The molecule has 2 aliphatic heterocycles. The van der Waals surface area contributed by atoms with Crippen LogP contribution in [-0.4, -0.2) is 43.5 Å². The van der Waals surface area contributed by atoms with E-state index in [0.717, 1.165) is 43.5 Å². The van der Waals surface area contributed by atoms with Crippen LogP contribution in [0.1, 0.15) is 51.9 Å². The van der Waals surface area contributed by atoms with E-state index in [0.29, 0.717) is 24.8 Å². The second-order valence-electron chi connectivity index (χ2n) is 9.21. The Hall–Kier alpha value is -2.57. The molecule has 3 amide bonds. The van der Waals surface area contributed by atoms with Gasteiger partial charge in [-0.1, -0.05) is 13.3 Å². The lowest BCUT2D eigenvalue weighted by atomic mass is 9.70. The van der Waals surface area contributed by atoms with E-state index in [9.17, 15) is 14.4 Å². The number of amides is 3. The third-order valence-electron chi connectivity index (χ3n) is 7.19. The van der Waals surface area contributed by atoms with Crippen molar-refractivity contribution in [2.24, 2.45) is 17.8 Å². The van der Waals surface area contributed by atoms with Crippen LogP contribution in [0.5, 0.6) is 5.75 Å². The molecular weight excluding hydrogens is 394 g/mol. The Morgan fingerprint density at radius 2 is 1.97 bits per heavy atom. The first-order chi connectivity index (χ1) is 15.0. The van der Waals surface area contributed by atoms with Gasteiger partial charge in [0.25, 0.3) is 0 Å². The number of anilines is 1. The van der Waals surface area contributed by atoms with E-state index in [1.807, 2.05) is 24.3 Å². The van der Waals surface area contributed by atoms with Gasteiger partial charge in [-0.2, -0.15) is 0 Å². The minimum atomic E-state index is -0.346. The fourth-order valence-electron chi connectivity index (χ4n) is 5.61. The molecule has 1 aromatic rings. The number of nitrogens with zero attached hydrogens (tertiary/aromatic N) is 1. The minimum Gasteiger partial charge on any atom is -0.497 e. The smallest absolute Gasteiger partial charge is 0.227 e. The van der Waals surface area contributed by atoms with Crippen LogP contribution in [0, 0.1) is 17.8 Å². The van der Waals surface area contributed by atoms with E-state index >= 15 is 0 Å². The topological polar surface area (TPSA) is 87.7 Å². The molecule has 3 fully saturated rings. The molecule has 4 rings (SSSR count). The maximum atomic E-state index is 12.9. The predicted molar refractivity (Wildman–Crippen MR) is 118 cm³/mol. The molecule has 5 unspecified atom stereocenters. The van der Waals surface area contributed by atoms with Gasteiger partial charge >= 0.3 is 0 Å². The molecule has 1 saturated carbocycles. The molecule has 168 valence electrons. The largest absolute Gasteiger partial charge is 0.497 e. The van der Waals surface area contributed by atoms with Crippen molar-refractivity contribution in [3.8, 4) is 5.75 Å². The fourth-order valence-corrected chi connectivity index (χ4v) is 5.61.